The largest absolute Gasteiger partial charge is 0.459 e. The lowest BCUT2D eigenvalue weighted by Crippen LogP contribution is -2.51. The van der Waals surface area contributed by atoms with Crippen molar-refractivity contribution in [2.45, 2.75) is 0 Å². The van der Waals surface area contributed by atoms with Crippen LogP contribution in [0.4, 0.5) is 0 Å². The van der Waals surface area contributed by atoms with Crippen molar-refractivity contribution in [2.75, 3.05) is 32.8 Å². The molecule has 27 heavy (non-hydrogen) atoms. The number of nitrogens with zero attached hydrogens (tertiary/aromatic N) is 2. The molecule has 0 bridgehead atoms. The van der Waals surface area contributed by atoms with Crippen molar-refractivity contribution >= 4 is 41.0 Å². The fourth-order valence-corrected chi connectivity index (χ4v) is 3.03. The van der Waals surface area contributed by atoms with Gasteiger partial charge in [-0.15, -0.1) is 0 Å². The van der Waals surface area contributed by atoms with Gasteiger partial charge in [0.05, 0.1) is 16.8 Å². The third-order valence-electron chi connectivity index (χ3n) is 4.13. The summed E-state index contributed by atoms with van der Waals surface area (Å²) in [7, 11) is 0. The molecule has 2 heterocycles. The molecule has 3 rings (SSSR count). The van der Waals surface area contributed by atoms with E-state index in [-0.39, 0.29) is 28.2 Å². The number of amides is 2. The maximum atomic E-state index is 12.3. The summed E-state index contributed by atoms with van der Waals surface area (Å²) >= 11 is 11.8. The number of carbonyl (C=O) groups is 3. The average Bonchev–Trinajstić information content (AvgIpc) is 3.22. The lowest BCUT2D eigenvalue weighted by Gasteiger charge is -2.34. The normalized spacial score (nSPS) is 14.1. The molecule has 9 heteroatoms. The number of rotatable bonds is 4. The predicted octanol–water partition coefficient (Wildman–Crippen LogP) is 2.73. The Bertz CT molecular complexity index is 845. The molecule has 0 atom stereocenters. The van der Waals surface area contributed by atoms with Crippen molar-refractivity contribution in [3.05, 3.63) is 58.0 Å². The summed E-state index contributed by atoms with van der Waals surface area (Å²) < 4.78 is 10.1. The fraction of sp³-hybridized carbons (Fsp3) is 0.278. The number of ether oxygens (including phenoxy) is 1. The van der Waals surface area contributed by atoms with Crippen LogP contribution in [-0.2, 0) is 9.53 Å². The summed E-state index contributed by atoms with van der Waals surface area (Å²) in [6, 6.07) is 7.66. The molecule has 1 saturated heterocycles. The zero-order valence-corrected chi connectivity index (χ0v) is 15.7. The Hall–Kier alpha value is -2.51. The first-order valence-electron chi connectivity index (χ1n) is 8.18. The van der Waals surface area contributed by atoms with Gasteiger partial charge in [-0.3, -0.25) is 9.59 Å². The quantitative estimate of drug-likeness (QED) is 0.723. The summed E-state index contributed by atoms with van der Waals surface area (Å²) in [5.41, 5.74) is 0.103. The van der Waals surface area contributed by atoms with Gasteiger partial charge in [-0.05, 0) is 30.3 Å². The number of esters is 1. The Kier molecular flexibility index (Phi) is 6.03. The van der Waals surface area contributed by atoms with E-state index >= 15 is 0 Å². The minimum Gasteiger partial charge on any atom is -0.459 e. The van der Waals surface area contributed by atoms with Crippen LogP contribution < -0.4 is 0 Å². The van der Waals surface area contributed by atoms with Crippen LogP contribution in [0.3, 0.4) is 0 Å². The van der Waals surface area contributed by atoms with E-state index in [0.29, 0.717) is 31.2 Å². The van der Waals surface area contributed by atoms with E-state index in [1.165, 1.54) is 18.4 Å². The first-order valence-corrected chi connectivity index (χ1v) is 8.94. The molecule has 0 N–H and O–H groups in total. The zero-order valence-electron chi connectivity index (χ0n) is 14.2. The van der Waals surface area contributed by atoms with Gasteiger partial charge in [0, 0.05) is 31.2 Å². The Morgan fingerprint density at radius 3 is 2.41 bits per heavy atom. The van der Waals surface area contributed by atoms with E-state index in [1.54, 1.807) is 28.0 Å². The molecule has 0 radical (unpaired) electrons. The molecule has 0 aliphatic carbocycles. The molecule has 1 aromatic carbocycles. The number of hydrogen-bond donors (Lipinski definition) is 0. The first kappa shape index (κ1) is 19.3. The third-order valence-corrected chi connectivity index (χ3v) is 4.69. The highest BCUT2D eigenvalue weighted by Crippen LogP contribution is 2.21. The molecular weight excluding hydrogens is 395 g/mol. The predicted molar refractivity (Wildman–Crippen MR) is 97.9 cm³/mol. The third kappa shape index (κ3) is 4.61. The lowest BCUT2D eigenvalue weighted by molar-refractivity contribution is -0.136. The van der Waals surface area contributed by atoms with Gasteiger partial charge in [-0.2, -0.15) is 0 Å². The second-order valence-electron chi connectivity index (χ2n) is 5.85. The van der Waals surface area contributed by atoms with Crippen LogP contribution in [0.1, 0.15) is 20.9 Å². The first-order chi connectivity index (χ1) is 13.0. The monoisotopic (exact) mass is 410 g/mol. The summed E-state index contributed by atoms with van der Waals surface area (Å²) in [6.07, 6.45) is 1.44. The van der Waals surface area contributed by atoms with Gasteiger partial charge in [-0.25, -0.2) is 4.79 Å². The topological polar surface area (TPSA) is 80.1 Å². The second kappa shape index (κ2) is 8.45. The van der Waals surface area contributed by atoms with Gasteiger partial charge < -0.3 is 19.0 Å². The van der Waals surface area contributed by atoms with Crippen molar-refractivity contribution in [3.63, 3.8) is 0 Å². The van der Waals surface area contributed by atoms with E-state index < -0.39 is 12.6 Å². The Morgan fingerprint density at radius 2 is 1.74 bits per heavy atom. The number of carbonyl (C=O) groups excluding carboxylic acids is 3. The minimum absolute atomic E-state index is 0.103. The number of benzene rings is 1. The van der Waals surface area contributed by atoms with Gasteiger partial charge in [-0.1, -0.05) is 23.2 Å². The smallest absolute Gasteiger partial charge is 0.340 e. The summed E-state index contributed by atoms with van der Waals surface area (Å²) in [5, 5.41) is 0.539. The Balaban J connectivity index is 1.49. The van der Waals surface area contributed by atoms with E-state index in [1.807, 2.05) is 0 Å². The van der Waals surface area contributed by atoms with Gasteiger partial charge in [0.1, 0.15) is 0 Å². The zero-order chi connectivity index (χ0) is 19.4. The van der Waals surface area contributed by atoms with Crippen molar-refractivity contribution in [3.8, 4) is 0 Å². The molecule has 2 aromatic rings. The SMILES string of the molecule is O=C(OCC(=O)N1CCN(C(=O)c2ccco2)CC1)c1cc(Cl)ccc1Cl. The highest BCUT2D eigenvalue weighted by Gasteiger charge is 2.26. The highest BCUT2D eigenvalue weighted by molar-refractivity contribution is 6.35. The van der Waals surface area contributed by atoms with Crippen LogP contribution >= 0.6 is 23.2 Å². The van der Waals surface area contributed by atoms with Crippen molar-refractivity contribution in [2.24, 2.45) is 0 Å². The maximum Gasteiger partial charge on any atom is 0.340 e. The summed E-state index contributed by atoms with van der Waals surface area (Å²) in [6.45, 7) is 1.04. The van der Waals surface area contributed by atoms with Gasteiger partial charge >= 0.3 is 5.97 Å². The molecule has 0 unspecified atom stereocenters. The van der Waals surface area contributed by atoms with Crippen LogP contribution in [0.25, 0.3) is 0 Å². The van der Waals surface area contributed by atoms with E-state index in [2.05, 4.69) is 0 Å². The number of piperazine rings is 1. The Morgan fingerprint density at radius 1 is 1.04 bits per heavy atom. The van der Waals surface area contributed by atoms with Gasteiger partial charge in [0.25, 0.3) is 11.8 Å². The Labute approximate surface area is 165 Å². The van der Waals surface area contributed by atoms with Gasteiger partial charge in [0.15, 0.2) is 12.4 Å². The van der Waals surface area contributed by atoms with Crippen molar-refractivity contribution in [1.29, 1.82) is 0 Å². The molecule has 7 nitrogen and oxygen atoms in total. The van der Waals surface area contributed by atoms with Crippen LogP contribution in [0, 0.1) is 0 Å². The molecule has 1 aliphatic heterocycles. The molecule has 1 fully saturated rings. The van der Waals surface area contributed by atoms with Crippen molar-refractivity contribution < 1.29 is 23.5 Å². The molecule has 1 aliphatic rings. The second-order valence-corrected chi connectivity index (χ2v) is 6.69. The molecular formula is C18H16Cl2N2O5. The summed E-state index contributed by atoms with van der Waals surface area (Å²) in [5.74, 6) is -1.01. The minimum atomic E-state index is -0.720. The molecule has 0 saturated carbocycles. The van der Waals surface area contributed by atoms with Crippen LogP contribution in [-0.4, -0.2) is 60.4 Å². The average molecular weight is 411 g/mol. The molecule has 0 spiro atoms. The number of hydrogen-bond acceptors (Lipinski definition) is 5. The van der Waals surface area contributed by atoms with Crippen molar-refractivity contribution in [1.82, 2.24) is 9.80 Å². The van der Waals surface area contributed by atoms with E-state index in [9.17, 15) is 14.4 Å². The van der Waals surface area contributed by atoms with E-state index in [4.69, 9.17) is 32.4 Å². The molecule has 2 amide bonds. The summed E-state index contributed by atoms with van der Waals surface area (Å²) in [4.78, 5) is 39.7. The van der Waals surface area contributed by atoms with Crippen LogP contribution in [0.5, 0.6) is 0 Å². The van der Waals surface area contributed by atoms with E-state index in [0.717, 1.165) is 0 Å². The number of halogens is 2. The highest BCUT2D eigenvalue weighted by atomic mass is 35.5. The van der Waals surface area contributed by atoms with Gasteiger partial charge in [0.2, 0.25) is 0 Å². The van der Waals surface area contributed by atoms with Crippen LogP contribution in [0.2, 0.25) is 10.0 Å². The lowest BCUT2D eigenvalue weighted by atomic mass is 10.2. The maximum absolute atomic E-state index is 12.3. The number of furan rings is 1. The molecule has 1 aromatic heterocycles. The standard InChI is InChI=1S/C18H16Cl2N2O5/c19-12-3-4-14(20)13(10-12)18(25)27-11-16(23)21-5-7-22(8-6-21)17(24)15-2-1-9-26-15/h1-4,9-10H,5-8,11H2. The fourth-order valence-electron chi connectivity index (χ4n) is 2.67. The van der Waals surface area contributed by atoms with Crippen LogP contribution in [0.15, 0.2) is 41.0 Å². The molecule has 142 valence electrons.